The molecule has 0 bridgehead atoms. The summed E-state index contributed by atoms with van der Waals surface area (Å²) in [4.78, 5) is 8.58. The zero-order valence-corrected chi connectivity index (χ0v) is 17.5. The summed E-state index contributed by atoms with van der Waals surface area (Å²) in [6, 6.07) is 5.20. The maximum Gasteiger partial charge on any atom is 0.494 e. The van der Waals surface area contributed by atoms with Crippen LogP contribution in [0.3, 0.4) is 0 Å². The molecule has 28 heavy (non-hydrogen) atoms. The van der Waals surface area contributed by atoms with Gasteiger partial charge >= 0.3 is 7.12 Å². The van der Waals surface area contributed by atoms with Crippen LogP contribution in [0.1, 0.15) is 40.2 Å². The van der Waals surface area contributed by atoms with E-state index in [-0.39, 0.29) is 17.6 Å². The molecular formula is C19H24BFN2O4S. The van der Waals surface area contributed by atoms with Gasteiger partial charge in [0.1, 0.15) is 23.1 Å². The molecule has 9 heteroatoms. The Morgan fingerprint density at radius 3 is 2.43 bits per heavy atom. The lowest BCUT2D eigenvalue weighted by molar-refractivity contribution is -0.106. The Balaban J connectivity index is 0.000000878. The SMILES string of the molecule is CC1(C)COB(c2ccc(F)c3sc(OC(C)(C)C)c(C#N)c23)OC1.NC=O. The van der Waals surface area contributed by atoms with Crippen LogP contribution in [-0.4, -0.2) is 32.3 Å². The number of hydrogen-bond acceptors (Lipinski definition) is 6. The second-order valence-electron chi connectivity index (χ2n) is 8.19. The van der Waals surface area contributed by atoms with Crippen LogP contribution in [0.4, 0.5) is 4.39 Å². The molecule has 2 heterocycles. The monoisotopic (exact) mass is 406 g/mol. The molecule has 1 fully saturated rings. The van der Waals surface area contributed by atoms with Crippen LogP contribution in [-0.2, 0) is 14.1 Å². The first-order valence-electron chi connectivity index (χ1n) is 8.75. The molecule has 0 radical (unpaired) electrons. The molecule has 0 unspecified atom stereocenters. The van der Waals surface area contributed by atoms with Crippen molar-refractivity contribution in [3.63, 3.8) is 0 Å². The van der Waals surface area contributed by atoms with Crippen LogP contribution in [0.2, 0.25) is 0 Å². The van der Waals surface area contributed by atoms with Crippen molar-refractivity contribution in [3.8, 4) is 11.1 Å². The van der Waals surface area contributed by atoms with Gasteiger partial charge in [-0.1, -0.05) is 31.3 Å². The van der Waals surface area contributed by atoms with E-state index in [1.807, 2.05) is 20.8 Å². The smallest absolute Gasteiger partial charge is 0.477 e. The number of rotatable bonds is 2. The van der Waals surface area contributed by atoms with E-state index >= 15 is 0 Å². The molecular weight excluding hydrogens is 382 g/mol. The molecule has 0 saturated carbocycles. The summed E-state index contributed by atoms with van der Waals surface area (Å²) < 4.78 is 32.4. The molecule has 1 aliphatic heterocycles. The minimum absolute atomic E-state index is 0.0666. The average molecular weight is 406 g/mol. The third kappa shape index (κ3) is 5.01. The number of nitriles is 1. The highest BCUT2D eigenvalue weighted by molar-refractivity contribution is 7.21. The van der Waals surface area contributed by atoms with Crippen molar-refractivity contribution in [2.45, 2.75) is 40.2 Å². The summed E-state index contributed by atoms with van der Waals surface area (Å²) in [5, 5.41) is 10.6. The second-order valence-corrected chi connectivity index (χ2v) is 9.17. The molecule has 0 atom stereocenters. The number of halogens is 1. The van der Waals surface area contributed by atoms with Crippen molar-refractivity contribution in [3.05, 3.63) is 23.5 Å². The van der Waals surface area contributed by atoms with Gasteiger partial charge in [-0.3, -0.25) is 4.79 Å². The van der Waals surface area contributed by atoms with Gasteiger partial charge in [0.15, 0.2) is 5.06 Å². The van der Waals surface area contributed by atoms with E-state index in [4.69, 9.17) is 18.8 Å². The number of primary amides is 1. The molecule has 1 saturated heterocycles. The lowest BCUT2D eigenvalue weighted by Crippen LogP contribution is -2.47. The number of nitrogens with two attached hydrogens (primary N) is 1. The summed E-state index contributed by atoms with van der Waals surface area (Å²) in [7, 11) is -0.611. The fourth-order valence-electron chi connectivity index (χ4n) is 2.70. The van der Waals surface area contributed by atoms with Gasteiger partial charge in [-0.05, 0) is 32.3 Å². The molecule has 2 N–H and O–H groups in total. The van der Waals surface area contributed by atoms with E-state index in [1.54, 1.807) is 6.07 Å². The first-order chi connectivity index (χ1) is 13.0. The summed E-state index contributed by atoms with van der Waals surface area (Å²) in [6.07, 6.45) is 0.250. The predicted octanol–water partition coefficient (Wildman–Crippen LogP) is 2.96. The molecule has 150 valence electrons. The lowest BCUT2D eigenvalue weighted by atomic mass is 9.73. The van der Waals surface area contributed by atoms with E-state index < -0.39 is 12.7 Å². The Kier molecular flexibility index (Phi) is 6.70. The van der Waals surface area contributed by atoms with Crippen molar-refractivity contribution in [1.29, 1.82) is 5.26 Å². The largest absolute Gasteiger partial charge is 0.494 e. The van der Waals surface area contributed by atoms with Crippen LogP contribution in [0.15, 0.2) is 12.1 Å². The Hall–Kier alpha value is -2.15. The number of amides is 1. The fraction of sp³-hybridized carbons (Fsp3) is 0.474. The maximum absolute atomic E-state index is 14.4. The predicted molar refractivity (Wildman–Crippen MR) is 108 cm³/mol. The van der Waals surface area contributed by atoms with Gasteiger partial charge in [-0.2, -0.15) is 5.26 Å². The molecule has 1 amide bonds. The number of nitrogens with zero attached hydrogens (tertiary/aromatic N) is 1. The molecule has 1 aliphatic rings. The van der Waals surface area contributed by atoms with E-state index in [9.17, 15) is 9.65 Å². The van der Waals surface area contributed by atoms with Crippen LogP contribution < -0.4 is 15.9 Å². The third-order valence-electron chi connectivity index (χ3n) is 3.81. The molecule has 1 aromatic carbocycles. The Labute approximate surface area is 168 Å². The zero-order valence-electron chi connectivity index (χ0n) is 16.7. The first-order valence-corrected chi connectivity index (χ1v) is 9.57. The van der Waals surface area contributed by atoms with Crippen molar-refractivity contribution >= 4 is 40.4 Å². The summed E-state index contributed by atoms with van der Waals surface area (Å²) in [6.45, 7) is 10.9. The number of ether oxygens (including phenoxy) is 1. The van der Waals surface area contributed by atoms with Gasteiger partial charge in [0.25, 0.3) is 0 Å². The Morgan fingerprint density at radius 1 is 1.36 bits per heavy atom. The van der Waals surface area contributed by atoms with Crippen LogP contribution in [0.5, 0.6) is 5.06 Å². The minimum atomic E-state index is -0.611. The highest BCUT2D eigenvalue weighted by Gasteiger charge is 2.36. The fourth-order valence-corrected chi connectivity index (χ4v) is 3.91. The molecule has 3 rings (SSSR count). The topological polar surface area (TPSA) is 94.6 Å². The lowest BCUT2D eigenvalue weighted by Gasteiger charge is -2.33. The molecule has 2 aromatic rings. The summed E-state index contributed by atoms with van der Waals surface area (Å²) >= 11 is 1.15. The van der Waals surface area contributed by atoms with Crippen LogP contribution in [0.25, 0.3) is 10.1 Å². The van der Waals surface area contributed by atoms with Crippen molar-refractivity contribution in [2.24, 2.45) is 11.1 Å². The maximum atomic E-state index is 14.4. The minimum Gasteiger partial charge on any atom is -0.477 e. The highest BCUT2D eigenvalue weighted by atomic mass is 32.1. The zero-order chi connectivity index (χ0) is 21.1. The summed E-state index contributed by atoms with van der Waals surface area (Å²) in [5.41, 5.74) is 4.62. The number of thiophene rings is 1. The van der Waals surface area contributed by atoms with Crippen molar-refractivity contribution in [1.82, 2.24) is 0 Å². The average Bonchev–Trinajstić information content (AvgIpc) is 2.93. The van der Waals surface area contributed by atoms with E-state index in [2.05, 4.69) is 25.7 Å². The number of benzene rings is 1. The number of fused-ring (bicyclic) bond motifs is 1. The van der Waals surface area contributed by atoms with Gasteiger partial charge in [0.2, 0.25) is 6.41 Å². The van der Waals surface area contributed by atoms with Crippen LogP contribution in [0, 0.1) is 22.6 Å². The first kappa shape index (κ1) is 22.1. The van der Waals surface area contributed by atoms with Crippen LogP contribution >= 0.6 is 11.3 Å². The number of carbonyl (C=O) groups excluding carboxylic acids is 1. The van der Waals surface area contributed by atoms with E-state index in [1.165, 1.54) is 6.07 Å². The van der Waals surface area contributed by atoms with Gasteiger partial charge < -0.3 is 19.8 Å². The van der Waals surface area contributed by atoms with Gasteiger partial charge in [-0.25, -0.2) is 4.39 Å². The van der Waals surface area contributed by atoms with Crippen molar-refractivity contribution in [2.75, 3.05) is 13.2 Å². The normalized spacial score (nSPS) is 16.1. The van der Waals surface area contributed by atoms with Gasteiger partial charge in [0, 0.05) is 24.0 Å². The molecule has 1 aromatic heterocycles. The standard InChI is InChI=1S/C18H21BFNO3S.CH3NO/c1-17(2,3)24-16-11(8-21)14-12(6-7-13(20)15(14)25-16)19-22-9-18(4,5)10-23-19;2-1-3/h6-7H,9-10H2,1-5H3;1H,(H2,2,3). The molecule has 0 aliphatic carbocycles. The Bertz CT molecular complexity index is 892. The highest BCUT2D eigenvalue weighted by Crippen LogP contribution is 2.40. The second kappa shape index (κ2) is 8.47. The van der Waals surface area contributed by atoms with Gasteiger partial charge in [-0.15, -0.1) is 0 Å². The Morgan fingerprint density at radius 2 is 1.93 bits per heavy atom. The molecule has 0 spiro atoms. The third-order valence-corrected chi connectivity index (χ3v) is 4.88. The number of carbonyl (C=O) groups is 1. The van der Waals surface area contributed by atoms with Gasteiger partial charge in [0.05, 0.1) is 4.70 Å². The van der Waals surface area contributed by atoms with E-state index in [0.717, 1.165) is 11.3 Å². The molecule has 6 nitrogen and oxygen atoms in total. The summed E-state index contributed by atoms with van der Waals surface area (Å²) in [5.74, 6) is -0.375. The van der Waals surface area contributed by atoms with Crippen molar-refractivity contribution < 1.29 is 23.2 Å². The number of hydrogen-bond donors (Lipinski definition) is 1. The quantitative estimate of drug-likeness (QED) is 0.611. The van der Waals surface area contributed by atoms with E-state index in [0.29, 0.717) is 39.4 Å².